The van der Waals surface area contributed by atoms with Crippen LogP contribution in [0.4, 0.5) is 10.2 Å². The van der Waals surface area contributed by atoms with Gasteiger partial charge in [0.05, 0.1) is 0 Å². The molecule has 108 valence electrons. The fourth-order valence-electron chi connectivity index (χ4n) is 2.34. The van der Waals surface area contributed by atoms with Crippen LogP contribution in [0.25, 0.3) is 11.3 Å². The minimum Gasteiger partial charge on any atom is -0.383 e. The van der Waals surface area contributed by atoms with E-state index in [9.17, 15) is 4.39 Å². The lowest BCUT2D eigenvalue weighted by Crippen LogP contribution is -2.25. The predicted octanol–water partition coefficient (Wildman–Crippen LogP) is 4.35. The molecule has 0 saturated heterocycles. The Morgan fingerprint density at radius 1 is 1.35 bits per heavy atom. The SMILES string of the molecule is CCc1nc(-c2cc(Br)ccc2F)c(N)n1C(C)(C)C. The monoisotopic (exact) mass is 339 g/mol. The summed E-state index contributed by atoms with van der Waals surface area (Å²) in [5, 5.41) is 0. The number of nitrogens with two attached hydrogens (primary N) is 1. The highest BCUT2D eigenvalue weighted by Crippen LogP contribution is 2.34. The van der Waals surface area contributed by atoms with Crippen molar-refractivity contribution in [1.82, 2.24) is 9.55 Å². The highest BCUT2D eigenvalue weighted by molar-refractivity contribution is 9.10. The fourth-order valence-corrected chi connectivity index (χ4v) is 2.71. The van der Waals surface area contributed by atoms with E-state index in [1.165, 1.54) is 6.07 Å². The highest BCUT2D eigenvalue weighted by Gasteiger charge is 2.24. The number of hydrogen-bond donors (Lipinski definition) is 1. The second-order valence-corrected chi connectivity index (χ2v) is 6.66. The summed E-state index contributed by atoms with van der Waals surface area (Å²) in [5.74, 6) is 1.05. The largest absolute Gasteiger partial charge is 0.383 e. The molecule has 0 fully saturated rings. The average molecular weight is 340 g/mol. The normalized spacial score (nSPS) is 11.9. The van der Waals surface area contributed by atoms with E-state index in [0.717, 1.165) is 16.7 Å². The Morgan fingerprint density at radius 2 is 2.00 bits per heavy atom. The van der Waals surface area contributed by atoms with Crippen LogP contribution in [0.5, 0.6) is 0 Å². The third-order valence-corrected chi connectivity index (χ3v) is 3.65. The van der Waals surface area contributed by atoms with E-state index >= 15 is 0 Å². The molecular weight excluding hydrogens is 321 g/mol. The Labute approximate surface area is 127 Å². The van der Waals surface area contributed by atoms with Crippen LogP contribution in [-0.2, 0) is 12.0 Å². The molecule has 0 aliphatic carbocycles. The number of aryl methyl sites for hydroxylation is 1. The van der Waals surface area contributed by atoms with Gasteiger partial charge >= 0.3 is 0 Å². The van der Waals surface area contributed by atoms with Crippen molar-refractivity contribution in [1.29, 1.82) is 0 Å². The molecule has 0 amide bonds. The van der Waals surface area contributed by atoms with Gasteiger partial charge in [-0.1, -0.05) is 22.9 Å². The van der Waals surface area contributed by atoms with Gasteiger partial charge in [0.1, 0.15) is 23.2 Å². The fraction of sp³-hybridized carbons (Fsp3) is 0.400. The van der Waals surface area contributed by atoms with Crippen LogP contribution in [0.1, 0.15) is 33.5 Å². The summed E-state index contributed by atoms with van der Waals surface area (Å²) in [6, 6.07) is 4.79. The lowest BCUT2D eigenvalue weighted by molar-refractivity contribution is 0.389. The number of anilines is 1. The molecule has 2 aromatic rings. The van der Waals surface area contributed by atoms with Crippen molar-refractivity contribution in [2.24, 2.45) is 0 Å². The van der Waals surface area contributed by atoms with E-state index in [1.54, 1.807) is 12.1 Å². The Hall–Kier alpha value is -1.36. The molecule has 0 spiro atoms. The number of imidazole rings is 1. The van der Waals surface area contributed by atoms with Crippen molar-refractivity contribution >= 4 is 21.7 Å². The van der Waals surface area contributed by atoms with Gasteiger partial charge in [0.15, 0.2) is 0 Å². The number of halogens is 2. The van der Waals surface area contributed by atoms with Crippen molar-refractivity contribution in [3.63, 3.8) is 0 Å². The highest BCUT2D eigenvalue weighted by atomic mass is 79.9. The van der Waals surface area contributed by atoms with E-state index in [4.69, 9.17) is 5.73 Å². The maximum atomic E-state index is 14.1. The molecule has 0 unspecified atom stereocenters. The quantitative estimate of drug-likeness (QED) is 0.883. The number of rotatable bonds is 2. The lowest BCUT2D eigenvalue weighted by atomic mass is 10.1. The second kappa shape index (κ2) is 5.20. The minimum atomic E-state index is -0.318. The molecule has 20 heavy (non-hydrogen) atoms. The summed E-state index contributed by atoms with van der Waals surface area (Å²) in [6.07, 6.45) is 0.747. The standard InChI is InChI=1S/C15H19BrFN3/c1-5-12-19-13(14(18)20(12)15(2,3)4)10-8-9(16)6-7-11(10)17/h6-8H,5,18H2,1-4H3. The third-order valence-electron chi connectivity index (χ3n) is 3.15. The summed E-state index contributed by atoms with van der Waals surface area (Å²) in [6.45, 7) is 8.20. The van der Waals surface area contributed by atoms with Crippen molar-refractivity contribution in [3.8, 4) is 11.3 Å². The van der Waals surface area contributed by atoms with Crippen LogP contribution in [-0.4, -0.2) is 9.55 Å². The molecular formula is C15H19BrFN3. The molecule has 0 bridgehead atoms. The van der Waals surface area contributed by atoms with Crippen LogP contribution in [0.3, 0.4) is 0 Å². The Kier molecular flexibility index (Phi) is 3.91. The van der Waals surface area contributed by atoms with Crippen LogP contribution in [0, 0.1) is 5.82 Å². The van der Waals surface area contributed by atoms with E-state index in [1.807, 2.05) is 11.5 Å². The molecule has 1 aromatic carbocycles. The zero-order valence-electron chi connectivity index (χ0n) is 12.2. The Morgan fingerprint density at radius 3 is 2.50 bits per heavy atom. The molecule has 0 aliphatic rings. The summed E-state index contributed by atoms with van der Waals surface area (Å²) >= 11 is 3.36. The van der Waals surface area contributed by atoms with Gasteiger partial charge in [-0.25, -0.2) is 9.37 Å². The van der Waals surface area contributed by atoms with Crippen LogP contribution in [0.2, 0.25) is 0 Å². The molecule has 2 N–H and O–H groups in total. The first-order chi connectivity index (χ1) is 9.25. The topological polar surface area (TPSA) is 43.8 Å². The predicted molar refractivity (Wildman–Crippen MR) is 84.1 cm³/mol. The number of hydrogen-bond acceptors (Lipinski definition) is 2. The molecule has 2 rings (SSSR count). The van der Waals surface area contributed by atoms with Crippen molar-refractivity contribution in [2.75, 3.05) is 5.73 Å². The molecule has 0 aliphatic heterocycles. The minimum absolute atomic E-state index is 0.191. The van der Waals surface area contributed by atoms with Gasteiger partial charge in [-0.2, -0.15) is 0 Å². The summed E-state index contributed by atoms with van der Waals surface area (Å²) < 4.78 is 16.8. The molecule has 1 aromatic heterocycles. The zero-order valence-corrected chi connectivity index (χ0v) is 13.8. The maximum Gasteiger partial charge on any atom is 0.132 e. The number of nitrogen functional groups attached to an aromatic ring is 1. The Balaban J connectivity index is 2.71. The summed E-state index contributed by atoms with van der Waals surface area (Å²) in [7, 11) is 0. The Bertz CT molecular complexity index is 641. The van der Waals surface area contributed by atoms with Gasteiger partial charge in [0, 0.05) is 22.0 Å². The first-order valence-electron chi connectivity index (χ1n) is 6.58. The first-order valence-corrected chi connectivity index (χ1v) is 7.38. The molecule has 3 nitrogen and oxygen atoms in total. The third kappa shape index (κ3) is 2.59. The van der Waals surface area contributed by atoms with Gasteiger partial charge in [-0.05, 0) is 39.0 Å². The smallest absolute Gasteiger partial charge is 0.132 e. The number of aromatic nitrogens is 2. The maximum absolute atomic E-state index is 14.1. The average Bonchev–Trinajstić information content (AvgIpc) is 2.69. The molecule has 0 radical (unpaired) electrons. The lowest BCUT2D eigenvalue weighted by Gasteiger charge is -2.24. The van der Waals surface area contributed by atoms with Crippen molar-refractivity contribution in [2.45, 2.75) is 39.7 Å². The van der Waals surface area contributed by atoms with Gasteiger partial charge < -0.3 is 10.3 Å². The van der Waals surface area contributed by atoms with Crippen molar-refractivity contribution in [3.05, 3.63) is 34.3 Å². The van der Waals surface area contributed by atoms with Gasteiger partial charge in [-0.3, -0.25) is 0 Å². The number of benzene rings is 1. The number of nitrogens with zero attached hydrogens (tertiary/aromatic N) is 2. The molecule has 0 saturated carbocycles. The van der Waals surface area contributed by atoms with Gasteiger partial charge in [0.25, 0.3) is 0 Å². The van der Waals surface area contributed by atoms with E-state index in [2.05, 4.69) is 41.7 Å². The van der Waals surface area contributed by atoms with E-state index in [-0.39, 0.29) is 11.4 Å². The van der Waals surface area contributed by atoms with Crippen LogP contribution >= 0.6 is 15.9 Å². The van der Waals surface area contributed by atoms with E-state index in [0.29, 0.717) is 17.1 Å². The molecule has 1 heterocycles. The second-order valence-electron chi connectivity index (χ2n) is 5.75. The van der Waals surface area contributed by atoms with Gasteiger partial charge in [-0.15, -0.1) is 0 Å². The van der Waals surface area contributed by atoms with Crippen LogP contribution < -0.4 is 5.73 Å². The van der Waals surface area contributed by atoms with E-state index < -0.39 is 0 Å². The zero-order chi connectivity index (χ0) is 15.1. The molecule has 0 atom stereocenters. The van der Waals surface area contributed by atoms with Crippen molar-refractivity contribution < 1.29 is 4.39 Å². The summed E-state index contributed by atoms with van der Waals surface area (Å²) in [5.41, 5.74) is 6.98. The molecule has 5 heteroatoms. The first kappa shape index (κ1) is 15.0. The van der Waals surface area contributed by atoms with Crippen LogP contribution in [0.15, 0.2) is 22.7 Å². The van der Waals surface area contributed by atoms with Gasteiger partial charge in [0.2, 0.25) is 0 Å². The summed E-state index contributed by atoms with van der Waals surface area (Å²) in [4.78, 5) is 4.54.